The van der Waals surface area contributed by atoms with E-state index in [1.54, 1.807) is 0 Å². The normalized spacial score (nSPS) is 36.0. The van der Waals surface area contributed by atoms with E-state index >= 15 is 0 Å². The third-order valence-electron chi connectivity index (χ3n) is 4.76. The number of piperazine rings is 1. The highest BCUT2D eigenvalue weighted by Crippen LogP contribution is 2.33. The van der Waals surface area contributed by atoms with Crippen molar-refractivity contribution < 1.29 is 0 Å². The Morgan fingerprint density at radius 1 is 1.25 bits per heavy atom. The molecule has 1 unspecified atom stereocenters. The predicted molar refractivity (Wildman–Crippen MR) is 69.7 cm³/mol. The lowest BCUT2D eigenvalue weighted by molar-refractivity contribution is 0.00234. The SMILES string of the molecule is CCC1(C)CNC(C)(C)CN1CC1CCC1. The summed E-state index contributed by atoms with van der Waals surface area (Å²) < 4.78 is 0. The van der Waals surface area contributed by atoms with Crippen LogP contribution in [0.3, 0.4) is 0 Å². The van der Waals surface area contributed by atoms with E-state index in [1.807, 2.05) is 0 Å². The fourth-order valence-electron chi connectivity index (χ4n) is 2.89. The minimum Gasteiger partial charge on any atom is -0.309 e. The summed E-state index contributed by atoms with van der Waals surface area (Å²) in [5.41, 5.74) is 0.670. The van der Waals surface area contributed by atoms with Gasteiger partial charge in [0, 0.05) is 30.7 Å². The molecule has 2 fully saturated rings. The Bertz CT molecular complexity index is 245. The molecule has 1 aliphatic carbocycles. The van der Waals surface area contributed by atoms with Crippen molar-refractivity contribution in [2.24, 2.45) is 5.92 Å². The fraction of sp³-hybridized carbons (Fsp3) is 1.00. The standard InChI is InChI=1S/C14H28N2/c1-5-14(4)10-15-13(2,3)11-16(14)9-12-7-6-8-12/h12,15H,5-11H2,1-4H3. The van der Waals surface area contributed by atoms with Gasteiger partial charge in [-0.3, -0.25) is 4.90 Å². The highest BCUT2D eigenvalue weighted by molar-refractivity contribution is 5.00. The lowest BCUT2D eigenvalue weighted by Crippen LogP contribution is -2.67. The van der Waals surface area contributed by atoms with Gasteiger partial charge in [-0.1, -0.05) is 13.3 Å². The van der Waals surface area contributed by atoms with Gasteiger partial charge in [0.15, 0.2) is 0 Å². The smallest absolute Gasteiger partial charge is 0.0304 e. The van der Waals surface area contributed by atoms with E-state index < -0.39 is 0 Å². The van der Waals surface area contributed by atoms with Crippen LogP contribution in [0.25, 0.3) is 0 Å². The van der Waals surface area contributed by atoms with Crippen LogP contribution in [0.2, 0.25) is 0 Å². The van der Waals surface area contributed by atoms with Gasteiger partial charge in [-0.2, -0.15) is 0 Å². The Balaban J connectivity index is 2.02. The van der Waals surface area contributed by atoms with Crippen LogP contribution in [0.15, 0.2) is 0 Å². The topological polar surface area (TPSA) is 15.3 Å². The molecule has 0 bridgehead atoms. The first-order valence-corrected chi connectivity index (χ1v) is 6.95. The van der Waals surface area contributed by atoms with Crippen LogP contribution in [0.1, 0.15) is 53.4 Å². The molecule has 0 radical (unpaired) electrons. The first-order valence-electron chi connectivity index (χ1n) is 6.95. The van der Waals surface area contributed by atoms with E-state index in [9.17, 15) is 0 Å². The van der Waals surface area contributed by atoms with E-state index in [0.717, 1.165) is 12.5 Å². The van der Waals surface area contributed by atoms with Gasteiger partial charge in [0.2, 0.25) is 0 Å². The predicted octanol–water partition coefficient (Wildman–Crippen LogP) is 2.64. The molecule has 0 aromatic rings. The van der Waals surface area contributed by atoms with E-state index in [4.69, 9.17) is 0 Å². The average molecular weight is 224 g/mol. The van der Waals surface area contributed by atoms with Crippen molar-refractivity contribution in [2.45, 2.75) is 64.5 Å². The molecule has 2 heteroatoms. The average Bonchev–Trinajstić information content (AvgIpc) is 2.17. The van der Waals surface area contributed by atoms with Crippen molar-refractivity contribution in [2.75, 3.05) is 19.6 Å². The van der Waals surface area contributed by atoms with Crippen LogP contribution >= 0.6 is 0 Å². The van der Waals surface area contributed by atoms with E-state index in [0.29, 0.717) is 11.1 Å². The number of nitrogens with zero attached hydrogens (tertiary/aromatic N) is 1. The molecule has 0 amide bonds. The van der Waals surface area contributed by atoms with Crippen molar-refractivity contribution in [3.8, 4) is 0 Å². The van der Waals surface area contributed by atoms with Crippen LogP contribution in [-0.2, 0) is 0 Å². The Kier molecular flexibility index (Phi) is 3.33. The minimum atomic E-state index is 0.290. The molecule has 0 aromatic carbocycles. The fourth-order valence-corrected chi connectivity index (χ4v) is 2.89. The summed E-state index contributed by atoms with van der Waals surface area (Å²) >= 11 is 0. The Hall–Kier alpha value is -0.0800. The third kappa shape index (κ3) is 2.43. The number of nitrogens with one attached hydrogen (secondary N) is 1. The minimum absolute atomic E-state index is 0.290. The van der Waals surface area contributed by atoms with Crippen molar-refractivity contribution in [3.63, 3.8) is 0 Å². The Labute approximate surface area is 101 Å². The van der Waals surface area contributed by atoms with Crippen LogP contribution in [0.4, 0.5) is 0 Å². The first kappa shape index (κ1) is 12.4. The molecule has 1 aliphatic heterocycles. The molecule has 1 atom stereocenters. The van der Waals surface area contributed by atoms with Gasteiger partial charge in [-0.15, -0.1) is 0 Å². The molecule has 16 heavy (non-hydrogen) atoms. The van der Waals surface area contributed by atoms with Crippen LogP contribution in [-0.4, -0.2) is 35.6 Å². The molecule has 0 spiro atoms. The van der Waals surface area contributed by atoms with Gasteiger partial charge < -0.3 is 5.32 Å². The molecule has 1 saturated heterocycles. The zero-order chi connectivity index (χ0) is 11.8. The summed E-state index contributed by atoms with van der Waals surface area (Å²) in [5, 5.41) is 3.70. The highest BCUT2D eigenvalue weighted by atomic mass is 15.3. The maximum atomic E-state index is 3.70. The summed E-state index contributed by atoms with van der Waals surface area (Å²) in [5.74, 6) is 0.986. The van der Waals surface area contributed by atoms with Gasteiger partial charge in [0.25, 0.3) is 0 Å². The van der Waals surface area contributed by atoms with Gasteiger partial charge in [0.05, 0.1) is 0 Å². The monoisotopic (exact) mass is 224 g/mol. The quantitative estimate of drug-likeness (QED) is 0.793. The molecule has 0 aromatic heterocycles. The van der Waals surface area contributed by atoms with Gasteiger partial charge in [-0.05, 0) is 46.0 Å². The molecule has 1 N–H and O–H groups in total. The summed E-state index contributed by atoms with van der Waals surface area (Å²) in [4.78, 5) is 2.76. The van der Waals surface area contributed by atoms with Crippen molar-refractivity contribution in [1.29, 1.82) is 0 Å². The van der Waals surface area contributed by atoms with E-state index in [1.165, 1.54) is 38.8 Å². The third-order valence-corrected chi connectivity index (χ3v) is 4.76. The molecule has 1 heterocycles. The van der Waals surface area contributed by atoms with Crippen LogP contribution in [0, 0.1) is 5.92 Å². The van der Waals surface area contributed by atoms with Crippen molar-refractivity contribution in [3.05, 3.63) is 0 Å². The van der Waals surface area contributed by atoms with Crippen LogP contribution < -0.4 is 5.32 Å². The first-order chi connectivity index (χ1) is 7.45. The largest absolute Gasteiger partial charge is 0.309 e. The van der Waals surface area contributed by atoms with Gasteiger partial charge in [-0.25, -0.2) is 0 Å². The Morgan fingerprint density at radius 2 is 1.94 bits per heavy atom. The lowest BCUT2D eigenvalue weighted by atomic mass is 9.81. The molecular weight excluding hydrogens is 196 g/mol. The number of hydrogen-bond donors (Lipinski definition) is 1. The lowest BCUT2D eigenvalue weighted by Gasteiger charge is -2.52. The second kappa shape index (κ2) is 4.30. The molecule has 1 saturated carbocycles. The van der Waals surface area contributed by atoms with E-state index in [2.05, 4.69) is 37.9 Å². The molecule has 2 rings (SSSR count). The summed E-state index contributed by atoms with van der Waals surface area (Å²) in [6.45, 7) is 13.1. The molecule has 2 nitrogen and oxygen atoms in total. The maximum Gasteiger partial charge on any atom is 0.0304 e. The highest BCUT2D eigenvalue weighted by Gasteiger charge is 2.40. The maximum absolute atomic E-state index is 3.70. The molecular formula is C14H28N2. The second-order valence-corrected chi connectivity index (χ2v) is 6.77. The van der Waals surface area contributed by atoms with Gasteiger partial charge >= 0.3 is 0 Å². The second-order valence-electron chi connectivity index (χ2n) is 6.77. The van der Waals surface area contributed by atoms with Crippen molar-refractivity contribution >= 4 is 0 Å². The van der Waals surface area contributed by atoms with Crippen molar-refractivity contribution in [1.82, 2.24) is 10.2 Å². The summed E-state index contributed by atoms with van der Waals surface area (Å²) in [6.07, 6.45) is 5.64. The van der Waals surface area contributed by atoms with Gasteiger partial charge in [0.1, 0.15) is 0 Å². The zero-order valence-corrected chi connectivity index (χ0v) is 11.5. The number of hydrogen-bond acceptors (Lipinski definition) is 2. The number of rotatable bonds is 3. The summed E-state index contributed by atoms with van der Waals surface area (Å²) in [7, 11) is 0. The zero-order valence-electron chi connectivity index (χ0n) is 11.5. The Morgan fingerprint density at radius 3 is 2.44 bits per heavy atom. The molecule has 94 valence electrons. The van der Waals surface area contributed by atoms with E-state index in [-0.39, 0.29) is 0 Å². The summed E-state index contributed by atoms with van der Waals surface area (Å²) in [6, 6.07) is 0. The molecule has 2 aliphatic rings. The van der Waals surface area contributed by atoms with Crippen LogP contribution in [0.5, 0.6) is 0 Å².